The predicted octanol–water partition coefficient (Wildman–Crippen LogP) is 3.07. The minimum atomic E-state index is -0.454. The normalized spacial score (nSPS) is 22.1. The third kappa shape index (κ3) is 4.67. The number of hydrogen-bond donors (Lipinski definition) is 0. The molecule has 1 aliphatic carbocycles. The second-order valence-corrected chi connectivity index (χ2v) is 4.93. The molecule has 0 N–H and O–H groups in total. The number of unbranched alkanes of at least 4 members (excludes halogenated alkanes) is 1. The van der Waals surface area contributed by atoms with Crippen molar-refractivity contribution < 1.29 is 14.3 Å². The Morgan fingerprint density at radius 3 is 2.95 bits per heavy atom. The van der Waals surface area contributed by atoms with Gasteiger partial charge in [0.2, 0.25) is 0 Å². The lowest BCUT2D eigenvalue weighted by molar-refractivity contribution is -0.137. The maximum atomic E-state index is 11.5. The Bertz CT molecular complexity index is 482. The van der Waals surface area contributed by atoms with Crippen molar-refractivity contribution in [1.82, 2.24) is 0 Å². The molecule has 0 fully saturated rings. The lowest BCUT2D eigenvalue weighted by atomic mass is 9.87. The molecule has 0 spiro atoms. The van der Waals surface area contributed by atoms with Crippen molar-refractivity contribution in [3.63, 3.8) is 0 Å². The maximum Gasteiger partial charge on any atom is 0.330 e. The van der Waals surface area contributed by atoms with Crippen LogP contribution in [0, 0.1) is 11.3 Å². The Morgan fingerprint density at radius 2 is 2.35 bits per heavy atom. The average Bonchev–Trinajstić information content (AvgIpc) is 2.46. The number of nitriles is 1. The number of rotatable bonds is 6. The molecule has 20 heavy (non-hydrogen) atoms. The van der Waals surface area contributed by atoms with Gasteiger partial charge in [0.05, 0.1) is 18.3 Å². The Hall–Kier alpha value is -1.86. The van der Waals surface area contributed by atoms with Gasteiger partial charge in [0, 0.05) is 25.2 Å². The van der Waals surface area contributed by atoms with Crippen LogP contribution in [0.5, 0.6) is 0 Å². The van der Waals surface area contributed by atoms with E-state index in [1.165, 1.54) is 6.08 Å². The Labute approximate surface area is 120 Å². The number of allylic oxidation sites excluding steroid dienone is 3. The van der Waals surface area contributed by atoms with E-state index in [2.05, 4.69) is 6.07 Å². The molecule has 0 bridgehead atoms. The number of nitrogens with zero attached hydrogens (tertiary/aromatic N) is 1. The smallest absolute Gasteiger partial charge is 0.330 e. The second kappa shape index (κ2) is 7.66. The van der Waals surface area contributed by atoms with Crippen LogP contribution in [0.15, 0.2) is 35.5 Å². The van der Waals surface area contributed by atoms with Gasteiger partial charge in [0.15, 0.2) is 0 Å². The third-order valence-corrected chi connectivity index (χ3v) is 3.23. The molecule has 0 aromatic rings. The van der Waals surface area contributed by atoms with E-state index in [1.54, 1.807) is 19.3 Å². The van der Waals surface area contributed by atoms with Crippen molar-refractivity contribution in [3.8, 4) is 6.07 Å². The van der Waals surface area contributed by atoms with Gasteiger partial charge in [0.25, 0.3) is 0 Å². The molecular weight excluding hydrogens is 254 g/mol. The summed E-state index contributed by atoms with van der Waals surface area (Å²) in [6, 6.07) is 2.16. The first-order chi connectivity index (χ1) is 9.54. The lowest BCUT2D eigenvalue weighted by Gasteiger charge is -2.27. The second-order valence-electron chi connectivity index (χ2n) is 4.93. The van der Waals surface area contributed by atoms with E-state index in [4.69, 9.17) is 9.47 Å². The molecule has 0 heterocycles. The first kappa shape index (κ1) is 16.2. The SMILES string of the molecule is CCCCOC(=O)C=CC1=C(C#N)CC(C)(OC)C=C1. The topological polar surface area (TPSA) is 59.3 Å². The van der Waals surface area contributed by atoms with E-state index in [0.717, 1.165) is 18.4 Å². The molecule has 1 rings (SSSR count). The summed E-state index contributed by atoms with van der Waals surface area (Å²) in [4.78, 5) is 11.5. The largest absolute Gasteiger partial charge is 0.463 e. The van der Waals surface area contributed by atoms with Crippen LogP contribution in [0.1, 0.15) is 33.1 Å². The van der Waals surface area contributed by atoms with Crippen LogP contribution in [0.3, 0.4) is 0 Å². The van der Waals surface area contributed by atoms with Gasteiger partial charge in [-0.3, -0.25) is 0 Å². The molecule has 4 heteroatoms. The van der Waals surface area contributed by atoms with Crippen LogP contribution in [0.4, 0.5) is 0 Å². The van der Waals surface area contributed by atoms with E-state index >= 15 is 0 Å². The summed E-state index contributed by atoms with van der Waals surface area (Å²) >= 11 is 0. The van der Waals surface area contributed by atoms with Crippen LogP contribution < -0.4 is 0 Å². The van der Waals surface area contributed by atoms with E-state index in [1.807, 2.05) is 19.9 Å². The molecular formula is C16H21NO3. The number of hydrogen-bond acceptors (Lipinski definition) is 4. The highest BCUT2D eigenvalue weighted by atomic mass is 16.5. The van der Waals surface area contributed by atoms with E-state index in [-0.39, 0.29) is 5.97 Å². The molecule has 0 saturated carbocycles. The minimum absolute atomic E-state index is 0.378. The van der Waals surface area contributed by atoms with Gasteiger partial charge in [-0.05, 0) is 25.0 Å². The molecule has 108 valence electrons. The number of carbonyl (C=O) groups is 1. The van der Waals surface area contributed by atoms with Crippen molar-refractivity contribution in [2.45, 2.75) is 38.7 Å². The van der Waals surface area contributed by atoms with Crippen molar-refractivity contribution in [1.29, 1.82) is 5.26 Å². The summed E-state index contributed by atoms with van der Waals surface area (Å²) < 4.78 is 10.4. The van der Waals surface area contributed by atoms with E-state index in [9.17, 15) is 10.1 Å². The summed E-state index contributed by atoms with van der Waals surface area (Å²) in [7, 11) is 1.62. The monoisotopic (exact) mass is 275 g/mol. The summed E-state index contributed by atoms with van der Waals surface area (Å²) in [5.74, 6) is -0.378. The predicted molar refractivity (Wildman–Crippen MR) is 76.8 cm³/mol. The Balaban J connectivity index is 2.69. The molecule has 0 saturated heterocycles. The zero-order valence-electron chi connectivity index (χ0n) is 12.3. The van der Waals surface area contributed by atoms with Crippen molar-refractivity contribution in [2.75, 3.05) is 13.7 Å². The van der Waals surface area contributed by atoms with Crippen molar-refractivity contribution in [2.24, 2.45) is 0 Å². The molecule has 0 amide bonds. The van der Waals surface area contributed by atoms with Crippen LogP contribution in [0.2, 0.25) is 0 Å². The minimum Gasteiger partial charge on any atom is -0.463 e. The molecule has 0 aromatic heterocycles. The fourth-order valence-corrected chi connectivity index (χ4v) is 1.80. The van der Waals surface area contributed by atoms with Gasteiger partial charge in [-0.15, -0.1) is 0 Å². The molecule has 0 aromatic carbocycles. The molecule has 0 aliphatic heterocycles. The quantitative estimate of drug-likeness (QED) is 0.424. The summed E-state index contributed by atoms with van der Waals surface area (Å²) in [6.45, 7) is 4.38. The molecule has 4 nitrogen and oxygen atoms in total. The summed E-state index contributed by atoms with van der Waals surface area (Å²) in [5.41, 5.74) is 0.883. The van der Waals surface area contributed by atoms with Gasteiger partial charge >= 0.3 is 5.97 Å². The molecule has 1 aliphatic rings. The lowest BCUT2D eigenvalue weighted by Crippen LogP contribution is -2.27. The fourth-order valence-electron chi connectivity index (χ4n) is 1.80. The van der Waals surface area contributed by atoms with Crippen LogP contribution >= 0.6 is 0 Å². The zero-order valence-corrected chi connectivity index (χ0v) is 12.3. The first-order valence-electron chi connectivity index (χ1n) is 6.77. The van der Waals surface area contributed by atoms with Gasteiger partial charge in [-0.25, -0.2) is 4.79 Å². The first-order valence-corrected chi connectivity index (χ1v) is 6.77. The zero-order chi connectivity index (χ0) is 15.0. The van der Waals surface area contributed by atoms with Crippen LogP contribution in [-0.2, 0) is 14.3 Å². The standard InChI is InChI=1S/C16H21NO3/c1-4-5-10-20-15(18)7-6-13-8-9-16(2,19-3)11-14(13)12-17/h6-9H,4-5,10-11H2,1-3H3. The number of ether oxygens (including phenoxy) is 2. The van der Waals surface area contributed by atoms with Crippen molar-refractivity contribution in [3.05, 3.63) is 35.5 Å². The highest BCUT2D eigenvalue weighted by Crippen LogP contribution is 2.29. The maximum absolute atomic E-state index is 11.5. The fraction of sp³-hybridized carbons (Fsp3) is 0.500. The molecule has 0 radical (unpaired) electrons. The number of methoxy groups -OCH3 is 1. The molecule has 1 unspecified atom stereocenters. The van der Waals surface area contributed by atoms with Gasteiger partial charge < -0.3 is 9.47 Å². The average molecular weight is 275 g/mol. The van der Waals surface area contributed by atoms with E-state index in [0.29, 0.717) is 18.6 Å². The van der Waals surface area contributed by atoms with E-state index < -0.39 is 5.60 Å². The highest BCUT2D eigenvalue weighted by Gasteiger charge is 2.26. The van der Waals surface area contributed by atoms with Crippen molar-refractivity contribution >= 4 is 5.97 Å². The van der Waals surface area contributed by atoms with Gasteiger partial charge in [-0.1, -0.05) is 25.5 Å². The van der Waals surface area contributed by atoms with Crippen LogP contribution in [-0.4, -0.2) is 25.3 Å². The number of esters is 1. The summed E-state index contributed by atoms with van der Waals surface area (Å²) in [6.07, 6.45) is 9.04. The van der Waals surface area contributed by atoms with Gasteiger partial charge in [0.1, 0.15) is 0 Å². The van der Waals surface area contributed by atoms with Crippen LogP contribution in [0.25, 0.3) is 0 Å². The highest BCUT2D eigenvalue weighted by molar-refractivity contribution is 5.82. The summed E-state index contributed by atoms with van der Waals surface area (Å²) in [5, 5.41) is 9.18. The van der Waals surface area contributed by atoms with Gasteiger partial charge in [-0.2, -0.15) is 5.26 Å². The number of carbonyl (C=O) groups excluding carboxylic acids is 1. The third-order valence-electron chi connectivity index (χ3n) is 3.23. The Kier molecular flexibility index (Phi) is 6.20. The Morgan fingerprint density at radius 1 is 1.60 bits per heavy atom. The molecule has 1 atom stereocenters.